The van der Waals surface area contributed by atoms with E-state index < -0.39 is 87.3 Å². The molecule has 0 aliphatic carbocycles. The summed E-state index contributed by atoms with van der Waals surface area (Å²) in [5.41, 5.74) is 9.46. The molecule has 5 aromatic carbocycles. The van der Waals surface area contributed by atoms with Gasteiger partial charge < -0.3 is 31.6 Å². The van der Waals surface area contributed by atoms with E-state index >= 15 is 0 Å². The van der Waals surface area contributed by atoms with E-state index in [0.717, 1.165) is 36.4 Å². The van der Waals surface area contributed by atoms with Crippen LogP contribution in [0.25, 0.3) is 0 Å². The van der Waals surface area contributed by atoms with Crippen LogP contribution in [0.5, 0.6) is 23.0 Å². The van der Waals surface area contributed by atoms with Gasteiger partial charge in [-0.25, -0.2) is 9.98 Å². The van der Waals surface area contributed by atoms with E-state index in [1.165, 1.54) is 24.3 Å². The number of nitrogens with two attached hydrogens (primary N) is 2. The molecule has 0 saturated carbocycles. The second-order valence-electron chi connectivity index (χ2n) is 11.7. The van der Waals surface area contributed by atoms with Crippen LogP contribution in [-0.4, -0.2) is 51.9 Å². The second-order valence-corrected chi connectivity index (χ2v) is 18.0. The van der Waals surface area contributed by atoms with Crippen molar-refractivity contribution in [2.45, 2.75) is 19.6 Å². The van der Waals surface area contributed by atoms with E-state index in [1.807, 2.05) is 0 Å². The minimum absolute atomic E-state index is 0.0362. The number of nitrogen functional groups attached to an aromatic ring is 2. The van der Waals surface area contributed by atoms with Gasteiger partial charge in [0.25, 0.3) is 40.5 Å². The van der Waals surface area contributed by atoms with Gasteiger partial charge >= 0.3 is 0 Å². The Balaban J connectivity index is 1.38. The lowest BCUT2D eigenvalue weighted by atomic mass is 10.1. The van der Waals surface area contributed by atoms with Gasteiger partial charge in [-0.3, -0.25) is 18.2 Å². The van der Waals surface area contributed by atoms with Gasteiger partial charge in [0, 0.05) is 17.1 Å². The first-order valence-electron chi connectivity index (χ1n) is 14.8. The molecule has 0 atom stereocenters. The van der Waals surface area contributed by atoms with Crippen LogP contribution in [0.1, 0.15) is 0 Å². The minimum atomic E-state index is -5.20. The number of hydrogen-bond donors (Lipinski definition) is 8. The summed E-state index contributed by atoms with van der Waals surface area (Å²) in [4.78, 5) is 5.52. The number of benzene rings is 5. The van der Waals surface area contributed by atoms with E-state index in [1.54, 1.807) is 0 Å². The molecule has 26 heteroatoms. The molecule has 0 bridgehead atoms. The fourth-order valence-corrected chi connectivity index (χ4v) is 8.86. The Hall–Kier alpha value is -5.28. The standard InChI is InChI=1S/C30H20Cl2N6O14S4/c31-22-24-29(52-27-16(37-24)5-6-17(30(27)56(48,49)50)35-12-2-3-14(34)19(9-12)53(39,40)41)23(32)25-28(22)51-26-18(38-25)8-13(10-21(26)55(45,46)47)36-15-4-1-11(33)7-20(15)54(42,43)44/h1-10,35-36H,33-34H2,(H,39,40,41)(H,42,43,44)(H,45,46,47)(H,48,49,50). The van der Waals surface area contributed by atoms with E-state index in [-0.39, 0.29) is 62.0 Å². The topological polar surface area (TPSA) is 337 Å². The number of anilines is 6. The van der Waals surface area contributed by atoms with Crippen LogP contribution in [0, 0.1) is 0 Å². The predicted octanol–water partition coefficient (Wildman–Crippen LogP) is 4.75. The highest BCUT2D eigenvalue weighted by Gasteiger charge is 2.34. The van der Waals surface area contributed by atoms with Crippen molar-refractivity contribution < 1.29 is 61.4 Å². The molecule has 0 radical (unpaired) electrons. The Bertz CT molecular complexity index is 3200. The van der Waals surface area contributed by atoms with Crippen molar-refractivity contribution >= 4 is 109 Å². The maximum atomic E-state index is 12.8. The lowest BCUT2D eigenvalue weighted by Gasteiger charge is -2.23. The first-order chi connectivity index (χ1) is 25.9. The van der Waals surface area contributed by atoms with Crippen molar-refractivity contribution in [3.05, 3.63) is 81.4 Å². The molecule has 0 amide bonds. The Labute approximate surface area is 325 Å². The number of halogens is 2. The zero-order chi connectivity index (χ0) is 40.9. The minimum Gasteiger partial charge on any atom is -0.450 e. The maximum absolute atomic E-state index is 12.8. The number of rotatable bonds is 8. The average Bonchev–Trinajstić information content (AvgIpc) is 3.08. The summed E-state index contributed by atoms with van der Waals surface area (Å²) in [6.07, 6.45) is 0. The van der Waals surface area contributed by atoms with E-state index in [0.29, 0.717) is 0 Å². The molecule has 0 saturated heterocycles. The van der Waals surface area contributed by atoms with Crippen LogP contribution < -0.4 is 42.3 Å². The molecule has 0 fully saturated rings. The van der Waals surface area contributed by atoms with Crippen LogP contribution in [0.15, 0.2) is 90.2 Å². The molecule has 0 unspecified atom stereocenters. The normalized spacial score (nSPS) is 13.4. The van der Waals surface area contributed by atoms with Gasteiger partial charge in [0.15, 0.2) is 27.9 Å². The molecule has 20 nitrogen and oxygen atoms in total. The molecule has 5 aromatic rings. The SMILES string of the molecule is Nc1ccc(Nc2cc3c(c(S(=O)(=O)O)c2)Oc2c(Cl)c4c(c(Cl)c2=N3)Oc2c(ccc(Nc3ccc(N)c(S(=O)(=O)O)c3)c2S(=O)(=O)O)N=4)c(S(=O)(=O)O)c1. The lowest BCUT2D eigenvalue weighted by molar-refractivity contribution is 0.428. The van der Waals surface area contributed by atoms with Crippen molar-refractivity contribution in [2.75, 3.05) is 22.1 Å². The number of fused-ring (bicyclic) bond motifs is 4. The fraction of sp³-hybridized carbons (Fsp3) is 0. The lowest BCUT2D eigenvalue weighted by Crippen LogP contribution is -2.23. The van der Waals surface area contributed by atoms with Crippen LogP contribution >= 0.6 is 23.2 Å². The summed E-state index contributed by atoms with van der Waals surface area (Å²) in [6, 6.07) is 11.0. The van der Waals surface area contributed by atoms with Crippen molar-refractivity contribution in [1.82, 2.24) is 0 Å². The highest BCUT2D eigenvalue weighted by atomic mass is 35.5. The first-order valence-corrected chi connectivity index (χ1v) is 21.4. The highest BCUT2D eigenvalue weighted by Crippen LogP contribution is 2.49. The van der Waals surface area contributed by atoms with Crippen molar-refractivity contribution in [3.8, 4) is 23.0 Å². The molecule has 7 rings (SSSR count). The summed E-state index contributed by atoms with van der Waals surface area (Å²) in [6.45, 7) is 0. The molecule has 2 aliphatic heterocycles. The molecule has 2 aliphatic rings. The smallest absolute Gasteiger partial charge is 0.300 e. The first kappa shape index (κ1) is 39.0. The number of ether oxygens (including phenoxy) is 2. The Morgan fingerprint density at radius 3 is 1.66 bits per heavy atom. The molecule has 56 heavy (non-hydrogen) atoms. The van der Waals surface area contributed by atoms with Crippen LogP contribution in [0.4, 0.5) is 45.5 Å². The molecular weight excluding hydrogens is 868 g/mol. The molecule has 2 heterocycles. The Kier molecular flexibility index (Phi) is 9.15. The summed E-state index contributed by atoms with van der Waals surface area (Å²) in [5, 5.41) is 3.81. The quantitative estimate of drug-likeness (QED) is 0.0754. The van der Waals surface area contributed by atoms with Gasteiger partial charge in [0.1, 0.15) is 46.8 Å². The number of nitrogens with zero attached hydrogens (tertiary/aromatic N) is 2. The van der Waals surface area contributed by atoms with Crippen LogP contribution in [0.2, 0.25) is 10.0 Å². The molecular formula is C30H20Cl2N6O14S4. The number of nitrogens with one attached hydrogen (secondary N) is 2. The van der Waals surface area contributed by atoms with Gasteiger partial charge in [0.2, 0.25) is 0 Å². The summed E-state index contributed by atoms with van der Waals surface area (Å²) < 4.78 is 150. The summed E-state index contributed by atoms with van der Waals surface area (Å²) in [5.74, 6) is -1.96. The van der Waals surface area contributed by atoms with Crippen molar-refractivity contribution in [3.63, 3.8) is 0 Å². The van der Waals surface area contributed by atoms with Gasteiger partial charge in [0.05, 0.1) is 17.1 Å². The van der Waals surface area contributed by atoms with Crippen molar-refractivity contribution in [2.24, 2.45) is 9.98 Å². The largest absolute Gasteiger partial charge is 0.450 e. The summed E-state index contributed by atoms with van der Waals surface area (Å²) >= 11 is 13.4. The second kappa shape index (κ2) is 13.2. The molecule has 292 valence electrons. The Morgan fingerprint density at radius 2 is 1.07 bits per heavy atom. The highest BCUT2D eigenvalue weighted by molar-refractivity contribution is 7.86. The third-order valence-electron chi connectivity index (χ3n) is 7.91. The van der Waals surface area contributed by atoms with Crippen molar-refractivity contribution in [1.29, 1.82) is 0 Å². The van der Waals surface area contributed by atoms with Gasteiger partial charge in [-0.05, 0) is 60.7 Å². The molecule has 10 N–H and O–H groups in total. The van der Waals surface area contributed by atoms with Gasteiger partial charge in [-0.1, -0.05) is 23.2 Å². The monoisotopic (exact) mass is 886 g/mol. The predicted molar refractivity (Wildman–Crippen MR) is 199 cm³/mol. The maximum Gasteiger partial charge on any atom is 0.300 e. The zero-order valence-corrected chi connectivity index (χ0v) is 31.9. The third-order valence-corrected chi connectivity index (χ3v) is 12.2. The third kappa shape index (κ3) is 7.02. The Morgan fingerprint density at radius 1 is 0.536 bits per heavy atom. The fourth-order valence-electron chi connectivity index (χ4n) is 5.59. The average molecular weight is 888 g/mol. The van der Waals surface area contributed by atoms with Gasteiger partial charge in [-0.15, -0.1) is 0 Å². The molecule has 0 aromatic heterocycles. The molecule has 0 spiro atoms. The van der Waals surface area contributed by atoms with E-state index in [4.69, 9.17) is 44.1 Å². The number of hydrogen-bond acceptors (Lipinski definition) is 16. The van der Waals surface area contributed by atoms with Crippen LogP contribution in [0.3, 0.4) is 0 Å². The van der Waals surface area contributed by atoms with Crippen LogP contribution in [-0.2, 0) is 40.5 Å². The van der Waals surface area contributed by atoms with Gasteiger partial charge in [-0.2, -0.15) is 33.7 Å². The van der Waals surface area contributed by atoms with E-state index in [9.17, 15) is 51.9 Å². The zero-order valence-electron chi connectivity index (χ0n) is 27.1. The van der Waals surface area contributed by atoms with E-state index in [2.05, 4.69) is 20.6 Å². The summed E-state index contributed by atoms with van der Waals surface area (Å²) in [7, 11) is -20.0.